The molecule has 1 heterocycles. The Morgan fingerprint density at radius 3 is 2.50 bits per heavy atom. The first-order valence-electron chi connectivity index (χ1n) is 9.72. The molecule has 0 saturated heterocycles. The maximum absolute atomic E-state index is 14.5. The fraction of sp³-hybridized carbons (Fsp3) is 0.304. The second kappa shape index (κ2) is 9.63. The number of rotatable bonds is 8. The van der Waals surface area contributed by atoms with Crippen molar-refractivity contribution < 1.29 is 18.3 Å². The van der Waals surface area contributed by atoms with Gasteiger partial charge in [-0.2, -0.15) is 0 Å². The van der Waals surface area contributed by atoms with E-state index < -0.39 is 5.82 Å². The van der Waals surface area contributed by atoms with Crippen LogP contribution in [-0.2, 0) is 24.1 Å². The zero-order chi connectivity index (χ0) is 21.7. The molecule has 5 nitrogen and oxygen atoms in total. The summed E-state index contributed by atoms with van der Waals surface area (Å²) in [6.07, 6.45) is 0.797. The van der Waals surface area contributed by atoms with Gasteiger partial charge in [-0.15, -0.1) is 0 Å². The van der Waals surface area contributed by atoms with Crippen molar-refractivity contribution in [1.82, 2.24) is 9.55 Å². The third kappa shape index (κ3) is 4.41. The summed E-state index contributed by atoms with van der Waals surface area (Å²) in [4.78, 5) is 17.8. The second-order valence-electron chi connectivity index (χ2n) is 6.82. The van der Waals surface area contributed by atoms with E-state index >= 15 is 0 Å². The molecule has 0 bridgehead atoms. The quantitative estimate of drug-likeness (QED) is 0.516. The lowest BCUT2D eigenvalue weighted by atomic mass is 10.1. The molecule has 0 aliphatic rings. The van der Waals surface area contributed by atoms with Gasteiger partial charge >= 0.3 is 0 Å². The summed E-state index contributed by atoms with van der Waals surface area (Å²) in [5.74, 6) is -0.694. The SMILES string of the molecule is CCc1c(C)nc(-c2cccc(F)c2OCOC)n(CCc2ccccc2F)c1=O. The molecular weight excluding hydrogens is 390 g/mol. The number of hydrogen-bond donors (Lipinski definition) is 0. The number of aryl methyl sites for hydroxylation is 2. The summed E-state index contributed by atoms with van der Waals surface area (Å²) in [6, 6.07) is 10.9. The first kappa shape index (κ1) is 21.6. The molecule has 3 rings (SSSR count). The molecule has 1 aromatic heterocycles. The smallest absolute Gasteiger partial charge is 0.257 e. The van der Waals surface area contributed by atoms with Crippen molar-refractivity contribution in [2.75, 3.05) is 13.9 Å². The Morgan fingerprint density at radius 2 is 1.80 bits per heavy atom. The highest BCUT2D eigenvalue weighted by molar-refractivity contribution is 5.65. The standard InChI is InChI=1S/C23H24F2N2O3/c1-4-17-15(2)26-22(18-9-7-11-20(25)21(18)30-14-29-3)27(23(17)28)13-12-16-8-5-6-10-19(16)24/h5-11H,4,12-14H2,1-3H3. The molecule has 3 aromatic rings. The molecule has 0 amide bonds. The Bertz CT molecular complexity index is 1100. The van der Waals surface area contributed by atoms with E-state index in [2.05, 4.69) is 4.98 Å². The third-order valence-electron chi connectivity index (χ3n) is 4.91. The number of aromatic nitrogens is 2. The second-order valence-corrected chi connectivity index (χ2v) is 6.82. The number of hydrogen-bond acceptors (Lipinski definition) is 4. The van der Waals surface area contributed by atoms with E-state index in [0.717, 1.165) is 0 Å². The van der Waals surface area contributed by atoms with E-state index in [1.807, 2.05) is 6.92 Å². The number of para-hydroxylation sites is 1. The van der Waals surface area contributed by atoms with Crippen molar-refractivity contribution in [3.8, 4) is 17.1 Å². The van der Waals surface area contributed by atoms with Gasteiger partial charge in [0.25, 0.3) is 5.56 Å². The molecule has 158 valence electrons. The van der Waals surface area contributed by atoms with Crippen molar-refractivity contribution >= 4 is 0 Å². The van der Waals surface area contributed by atoms with Crippen molar-refractivity contribution in [2.45, 2.75) is 33.2 Å². The monoisotopic (exact) mass is 414 g/mol. The van der Waals surface area contributed by atoms with Crippen LogP contribution in [0.4, 0.5) is 8.78 Å². The van der Waals surface area contributed by atoms with Gasteiger partial charge in [-0.1, -0.05) is 31.2 Å². The van der Waals surface area contributed by atoms with Crippen LogP contribution in [0.1, 0.15) is 23.7 Å². The summed E-state index contributed by atoms with van der Waals surface area (Å²) < 4.78 is 40.4. The van der Waals surface area contributed by atoms with E-state index in [1.54, 1.807) is 31.2 Å². The van der Waals surface area contributed by atoms with E-state index in [9.17, 15) is 13.6 Å². The van der Waals surface area contributed by atoms with Crippen LogP contribution in [0.25, 0.3) is 11.4 Å². The van der Waals surface area contributed by atoms with Crippen molar-refractivity contribution in [2.24, 2.45) is 0 Å². The third-order valence-corrected chi connectivity index (χ3v) is 4.91. The van der Waals surface area contributed by atoms with Gasteiger partial charge in [0, 0.05) is 24.9 Å². The average Bonchev–Trinajstić information content (AvgIpc) is 2.73. The minimum absolute atomic E-state index is 0.0467. The van der Waals surface area contributed by atoms with E-state index in [0.29, 0.717) is 28.8 Å². The maximum atomic E-state index is 14.5. The van der Waals surface area contributed by atoms with Gasteiger partial charge in [0.05, 0.1) is 5.56 Å². The first-order valence-corrected chi connectivity index (χ1v) is 9.72. The molecule has 0 aliphatic carbocycles. The highest BCUT2D eigenvalue weighted by atomic mass is 19.1. The predicted octanol–water partition coefficient (Wildman–Crippen LogP) is 4.28. The molecule has 0 aliphatic heterocycles. The lowest BCUT2D eigenvalue weighted by molar-refractivity contribution is 0.0487. The molecule has 30 heavy (non-hydrogen) atoms. The topological polar surface area (TPSA) is 53.4 Å². The molecule has 0 saturated carbocycles. The van der Waals surface area contributed by atoms with Crippen molar-refractivity contribution in [1.29, 1.82) is 0 Å². The zero-order valence-electron chi connectivity index (χ0n) is 17.2. The van der Waals surface area contributed by atoms with Crippen LogP contribution in [0.3, 0.4) is 0 Å². The lowest BCUT2D eigenvalue weighted by Crippen LogP contribution is -2.29. The van der Waals surface area contributed by atoms with E-state index in [-0.39, 0.29) is 42.7 Å². The average molecular weight is 414 g/mol. The molecule has 0 N–H and O–H groups in total. The van der Waals surface area contributed by atoms with Crippen LogP contribution >= 0.6 is 0 Å². The number of ether oxygens (including phenoxy) is 2. The Labute approximate surface area is 173 Å². The summed E-state index contributed by atoms with van der Waals surface area (Å²) in [7, 11) is 1.43. The molecule has 2 aromatic carbocycles. The Hall–Kier alpha value is -3.06. The van der Waals surface area contributed by atoms with Crippen LogP contribution in [0, 0.1) is 18.6 Å². The normalized spacial score (nSPS) is 11.0. The van der Waals surface area contributed by atoms with Gasteiger partial charge in [-0.25, -0.2) is 13.8 Å². The van der Waals surface area contributed by atoms with Crippen molar-refractivity contribution in [3.63, 3.8) is 0 Å². The minimum Gasteiger partial charge on any atom is -0.464 e. The van der Waals surface area contributed by atoms with Crippen LogP contribution in [-0.4, -0.2) is 23.5 Å². The van der Waals surface area contributed by atoms with Gasteiger partial charge in [-0.3, -0.25) is 9.36 Å². The summed E-state index contributed by atoms with van der Waals surface area (Å²) in [5.41, 5.74) is 1.75. The fourth-order valence-corrected chi connectivity index (χ4v) is 3.40. The number of nitrogens with zero attached hydrogens (tertiary/aromatic N) is 2. The summed E-state index contributed by atoms with van der Waals surface area (Å²) >= 11 is 0. The Kier molecular flexibility index (Phi) is 6.95. The predicted molar refractivity (Wildman–Crippen MR) is 111 cm³/mol. The molecule has 0 radical (unpaired) electrons. The lowest BCUT2D eigenvalue weighted by Gasteiger charge is -2.18. The van der Waals surface area contributed by atoms with Crippen LogP contribution in [0.2, 0.25) is 0 Å². The summed E-state index contributed by atoms with van der Waals surface area (Å²) in [5, 5.41) is 0. The van der Waals surface area contributed by atoms with Crippen molar-refractivity contribution in [3.05, 3.63) is 81.3 Å². The molecule has 0 fully saturated rings. The van der Waals surface area contributed by atoms with E-state index in [1.165, 1.54) is 29.9 Å². The van der Waals surface area contributed by atoms with Gasteiger partial charge in [0.15, 0.2) is 18.4 Å². The minimum atomic E-state index is -0.586. The van der Waals surface area contributed by atoms with E-state index in [4.69, 9.17) is 9.47 Å². The molecular formula is C23H24F2N2O3. The largest absolute Gasteiger partial charge is 0.464 e. The molecule has 7 heteroatoms. The van der Waals surface area contributed by atoms with Gasteiger partial charge in [-0.05, 0) is 43.5 Å². The Morgan fingerprint density at radius 1 is 1.07 bits per heavy atom. The maximum Gasteiger partial charge on any atom is 0.257 e. The highest BCUT2D eigenvalue weighted by Crippen LogP contribution is 2.31. The number of methoxy groups -OCH3 is 1. The highest BCUT2D eigenvalue weighted by Gasteiger charge is 2.20. The van der Waals surface area contributed by atoms with Gasteiger partial charge in [0.2, 0.25) is 0 Å². The fourth-order valence-electron chi connectivity index (χ4n) is 3.40. The molecule has 0 spiro atoms. The summed E-state index contributed by atoms with van der Waals surface area (Å²) in [6.45, 7) is 3.66. The molecule has 0 atom stereocenters. The Balaban J connectivity index is 2.14. The van der Waals surface area contributed by atoms with Gasteiger partial charge < -0.3 is 9.47 Å². The number of halogens is 2. The van der Waals surface area contributed by atoms with Gasteiger partial charge in [0.1, 0.15) is 11.6 Å². The number of benzene rings is 2. The molecule has 0 unspecified atom stereocenters. The first-order chi connectivity index (χ1) is 14.5. The van der Waals surface area contributed by atoms with Crippen LogP contribution in [0.15, 0.2) is 47.3 Å². The van der Waals surface area contributed by atoms with Crippen LogP contribution in [0.5, 0.6) is 5.75 Å². The zero-order valence-corrected chi connectivity index (χ0v) is 17.2. The van der Waals surface area contributed by atoms with Crippen LogP contribution < -0.4 is 10.3 Å².